The number of nitrogens with two attached hydrogens (primary N) is 1. The van der Waals surface area contributed by atoms with Gasteiger partial charge in [-0.3, -0.25) is 0 Å². The van der Waals surface area contributed by atoms with Crippen molar-refractivity contribution in [3.63, 3.8) is 0 Å². The Bertz CT molecular complexity index is 1070. The third kappa shape index (κ3) is 4.69. The molecule has 9 nitrogen and oxygen atoms in total. The van der Waals surface area contributed by atoms with Gasteiger partial charge in [0.1, 0.15) is 18.7 Å². The highest BCUT2D eigenvalue weighted by molar-refractivity contribution is 5.83. The number of hydrogen-bond acceptors (Lipinski definition) is 7. The molecule has 32 heavy (non-hydrogen) atoms. The molecule has 0 unspecified atom stereocenters. The van der Waals surface area contributed by atoms with E-state index in [1.54, 1.807) is 13.4 Å². The molecule has 1 aromatic carbocycles. The zero-order valence-corrected chi connectivity index (χ0v) is 18.5. The van der Waals surface area contributed by atoms with Crippen LogP contribution in [0.4, 0.5) is 0 Å². The molecule has 1 atom stereocenters. The maximum Gasteiger partial charge on any atom is 0.329 e. The molecule has 3 aromatic rings. The molecule has 0 bridgehead atoms. The van der Waals surface area contributed by atoms with Crippen molar-refractivity contribution in [1.29, 1.82) is 0 Å². The number of methoxy groups -OCH3 is 1. The van der Waals surface area contributed by atoms with Gasteiger partial charge in [-0.1, -0.05) is 11.2 Å². The molecule has 9 heteroatoms. The molecule has 0 saturated heterocycles. The van der Waals surface area contributed by atoms with Crippen LogP contribution in [-0.2, 0) is 14.3 Å². The van der Waals surface area contributed by atoms with E-state index >= 15 is 0 Å². The molecule has 2 aromatic heterocycles. The molecular weight excluding hydrogens is 412 g/mol. The van der Waals surface area contributed by atoms with E-state index < -0.39 is 5.97 Å². The number of nitrogens with zero attached hydrogens (tertiary/aromatic N) is 3. The summed E-state index contributed by atoms with van der Waals surface area (Å²) in [5.74, 6) is -0.184. The number of aromatic nitrogens is 3. The smallest absolute Gasteiger partial charge is 0.329 e. The van der Waals surface area contributed by atoms with Crippen LogP contribution in [0.25, 0.3) is 22.2 Å². The number of carboxylic acids is 1. The van der Waals surface area contributed by atoms with Crippen LogP contribution < -0.4 is 5.73 Å². The average Bonchev–Trinajstić information content (AvgIpc) is 3.39. The number of carboxylic acid groups (broad SMARTS) is 1. The third-order valence-electron chi connectivity index (χ3n) is 6.25. The number of rotatable bonds is 9. The predicted octanol–water partition coefficient (Wildman–Crippen LogP) is 3.62. The Balaban J connectivity index is 1.66. The van der Waals surface area contributed by atoms with Crippen LogP contribution in [0.3, 0.4) is 0 Å². The van der Waals surface area contributed by atoms with Gasteiger partial charge in [-0.2, -0.15) is 0 Å². The Kier molecular flexibility index (Phi) is 6.88. The van der Waals surface area contributed by atoms with Gasteiger partial charge in [0.25, 0.3) is 0 Å². The molecule has 1 aliphatic rings. The van der Waals surface area contributed by atoms with E-state index in [-0.39, 0.29) is 25.3 Å². The van der Waals surface area contributed by atoms with Crippen molar-refractivity contribution in [3.05, 3.63) is 36.0 Å². The zero-order valence-electron chi connectivity index (χ0n) is 18.5. The highest BCUT2D eigenvalue weighted by Gasteiger charge is 2.28. The molecule has 1 aliphatic carbocycles. The summed E-state index contributed by atoms with van der Waals surface area (Å²) in [5.41, 5.74) is 11.2. The van der Waals surface area contributed by atoms with Gasteiger partial charge < -0.3 is 29.4 Å². The zero-order chi connectivity index (χ0) is 22.7. The number of imidazole rings is 1. The fraction of sp³-hybridized carbons (Fsp3) is 0.522. The Morgan fingerprint density at radius 2 is 2.12 bits per heavy atom. The fourth-order valence-electron chi connectivity index (χ4n) is 4.54. The minimum absolute atomic E-state index is 0.262. The Hall–Kier alpha value is -2.75. The quantitative estimate of drug-likeness (QED) is 0.481. The van der Waals surface area contributed by atoms with Crippen LogP contribution in [0.5, 0.6) is 0 Å². The van der Waals surface area contributed by atoms with Crippen molar-refractivity contribution in [2.75, 3.05) is 20.3 Å². The second kappa shape index (κ2) is 9.81. The van der Waals surface area contributed by atoms with Crippen LogP contribution in [0, 0.1) is 6.92 Å². The first-order valence-corrected chi connectivity index (χ1v) is 11.0. The largest absolute Gasteiger partial charge is 0.480 e. The number of aliphatic carboxylic acids is 1. The molecule has 3 N–H and O–H groups in total. The van der Waals surface area contributed by atoms with Gasteiger partial charge in [0.2, 0.25) is 0 Å². The summed E-state index contributed by atoms with van der Waals surface area (Å²) in [6.45, 7) is 1.85. The molecule has 0 spiro atoms. The lowest BCUT2D eigenvalue weighted by atomic mass is 9.92. The summed E-state index contributed by atoms with van der Waals surface area (Å²) >= 11 is 0. The number of benzene rings is 1. The Morgan fingerprint density at radius 3 is 2.78 bits per heavy atom. The third-order valence-corrected chi connectivity index (χ3v) is 6.25. The number of fused-ring (bicyclic) bond motifs is 1. The number of ether oxygens (including phenoxy) is 2. The lowest BCUT2D eigenvalue weighted by Crippen LogP contribution is -2.26. The second-order valence-corrected chi connectivity index (χ2v) is 8.36. The van der Waals surface area contributed by atoms with Crippen LogP contribution in [0.1, 0.15) is 55.7 Å². The molecule has 2 heterocycles. The monoisotopic (exact) mass is 442 g/mol. The molecular formula is C23H30N4O5. The van der Waals surface area contributed by atoms with Crippen molar-refractivity contribution >= 4 is 17.0 Å². The summed E-state index contributed by atoms with van der Waals surface area (Å²) in [6.07, 6.45) is 6.40. The van der Waals surface area contributed by atoms with Crippen molar-refractivity contribution in [3.8, 4) is 11.1 Å². The topological polar surface area (TPSA) is 126 Å². The first-order valence-electron chi connectivity index (χ1n) is 11.0. The molecule has 0 aliphatic heterocycles. The first kappa shape index (κ1) is 22.4. The SMILES string of the molecule is COC1CCC(n2c([C@@H](N)CCOCC(=O)O)nc3cc(-c4conc4C)ccc32)CC1. The highest BCUT2D eigenvalue weighted by Crippen LogP contribution is 2.36. The standard InChI is InChI=1S/C23H30N4O5/c1-14-18(12-32-26-14)15-3-8-21-20(11-15)25-23(19(24)9-10-31-13-22(28)29)27(21)16-4-6-17(30-2)7-5-16/h3,8,11-12,16-17,19H,4-7,9-10,13,24H2,1-2H3,(H,28,29)/t16?,17?,19-/m0/s1. The van der Waals surface area contributed by atoms with E-state index in [2.05, 4.69) is 21.9 Å². The normalized spacial score (nSPS) is 20.0. The number of aryl methyl sites for hydroxylation is 1. The van der Waals surface area contributed by atoms with Crippen molar-refractivity contribution < 1.29 is 23.9 Å². The van der Waals surface area contributed by atoms with Gasteiger partial charge in [-0.05, 0) is 56.7 Å². The lowest BCUT2D eigenvalue weighted by molar-refractivity contribution is -0.142. The van der Waals surface area contributed by atoms with E-state index in [4.69, 9.17) is 29.8 Å². The van der Waals surface area contributed by atoms with E-state index in [1.807, 2.05) is 13.0 Å². The number of carbonyl (C=O) groups is 1. The molecule has 0 amide bonds. The van der Waals surface area contributed by atoms with Crippen molar-refractivity contribution in [2.24, 2.45) is 5.73 Å². The number of hydrogen-bond donors (Lipinski definition) is 2. The molecule has 0 radical (unpaired) electrons. The summed E-state index contributed by atoms with van der Waals surface area (Å²) in [4.78, 5) is 15.6. The summed E-state index contributed by atoms with van der Waals surface area (Å²) in [6, 6.07) is 6.12. The van der Waals surface area contributed by atoms with E-state index in [0.717, 1.165) is 59.4 Å². The predicted molar refractivity (Wildman–Crippen MR) is 118 cm³/mol. The van der Waals surface area contributed by atoms with Crippen LogP contribution in [0.2, 0.25) is 0 Å². The fourth-order valence-corrected chi connectivity index (χ4v) is 4.54. The van der Waals surface area contributed by atoms with E-state index in [0.29, 0.717) is 12.5 Å². The maximum absolute atomic E-state index is 10.7. The van der Waals surface area contributed by atoms with Gasteiger partial charge in [0.05, 0.1) is 28.9 Å². The van der Waals surface area contributed by atoms with Crippen molar-refractivity contribution in [1.82, 2.24) is 14.7 Å². The van der Waals surface area contributed by atoms with Gasteiger partial charge >= 0.3 is 5.97 Å². The average molecular weight is 443 g/mol. The maximum atomic E-state index is 10.7. The molecule has 172 valence electrons. The first-order chi connectivity index (χ1) is 15.5. The highest BCUT2D eigenvalue weighted by atomic mass is 16.5. The molecule has 4 rings (SSSR count). The Morgan fingerprint density at radius 1 is 1.34 bits per heavy atom. The molecule has 1 fully saturated rings. The summed E-state index contributed by atoms with van der Waals surface area (Å²) < 4.78 is 18.1. The summed E-state index contributed by atoms with van der Waals surface area (Å²) in [7, 11) is 1.77. The minimum atomic E-state index is -0.989. The van der Waals surface area contributed by atoms with Crippen LogP contribution in [-0.4, -0.2) is 52.2 Å². The van der Waals surface area contributed by atoms with Gasteiger partial charge in [-0.15, -0.1) is 0 Å². The van der Waals surface area contributed by atoms with E-state index in [1.165, 1.54) is 0 Å². The summed E-state index contributed by atoms with van der Waals surface area (Å²) in [5, 5.41) is 12.8. The van der Waals surface area contributed by atoms with Gasteiger partial charge in [0.15, 0.2) is 0 Å². The minimum Gasteiger partial charge on any atom is -0.480 e. The molecule has 1 saturated carbocycles. The Labute approximate surface area is 186 Å². The van der Waals surface area contributed by atoms with Crippen LogP contribution >= 0.6 is 0 Å². The van der Waals surface area contributed by atoms with Crippen molar-refractivity contribution in [2.45, 2.75) is 57.2 Å². The second-order valence-electron chi connectivity index (χ2n) is 8.36. The van der Waals surface area contributed by atoms with Crippen LogP contribution in [0.15, 0.2) is 29.0 Å². The van der Waals surface area contributed by atoms with E-state index in [9.17, 15) is 4.79 Å². The van der Waals surface area contributed by atoms with Gasteiger partial charge in [-0.25, -0.2) is 9.78 Å². The lowest BCUT2D eigenvalue weighted by Gasteiger charge is -2.30. The van der Waals surface area contributed by atoms with Gasteiger partial charge in [0, 0.05) is 25.3 Å².